The van der Waals surface area contributed by atoms with E-state index in [0.29, 0.717) is 5.02 Å². The first-order valence-electron chi connectivity index (χ1n) is 5.89. The highest BCUT2D eigenvalue weighted by Gasteiger charge is 2.21. The van der Waals surface area contributed by atoms with E-state index >= 15 is 0 Å². The smallest absolute Gasteiger partial charge is 0.285 e. The Kier molecular flexibility index (Phi) is 4.73. The lowest BCUT2D eigenvalue weighted by Crippen LogP contribution is -2.36. The SMILES string of the molecule is O=C(NC(=O)c1ccccc1)C(=O)c1ccc(Cl)cc1Cl. The van der Waals surface area contributed by atoms with Crippen LogP contribution in [0.2, 0.25) is 10.0 Å². The van der Waals surface area contributed by atoms with Crippen molar-refractivity contribution in [1.82, 2.24) is 5.32 Å². The number of hydrogen-bond acceptors (Lipinski definition) is 3. The van der Waals surface area contributed by atoms with E-state index in [1.807, 2.05) is 5.32 Å². The number of halogens is 2. The molecule has 1 N–H and O–H groups in total. The van der Waals surface area contributed by atoms with E-state index < -0.39 is 17.6 Å². The Morgan fingerprint density at radius 2 is 1.57 bits per heavy atom. The van der Waals surface area contributed by atoms with Crippen molar-refractivity contribution in [2.45, 2.75) is 0 Å². The Hall–Kier alpha value is -2.17. The summed E-state index contributed by atoms with van der Waals surface area (Å²) in [5.41, 5.74) is 0.264. The van der Waals surface area contributed by atoms with Gasteiger partial charge in [0.2, 0.25) is 0 Å². The van der Waals surface area contributed by atoms with Crippen molar-refractivity contribution in [3.8, 4) is 0 Å². The lowest BCUT2D eigenvalue weighted by molar-refractivity contribution is -0.116. The van der Waals surface area contributed by atoms with Crippen LogP contribution in [0.5, 0.6) is 0 Å². The predicted molar refractivity (Wildman–Crippen MR) is 79.7 cm³/mol. The Labute approximate surface area is 130 Å². The lowest BCUT2D eigenvalue weighted by atomic mass is 10.1. The maximum absolute atomic E-state index is 12.0. The highest BCUT2D eigenvalue weighted by atomic mass is 35.5. The molecule has 0 bridgehead atoms. The molecule has 0 aliphatic heterocycles. The summed E-state index contributed by atoms with van der Waals surface area (Å²) in [5, 5.41) is 2.41. The zero-order valence-corrected chi connectivity index (χ0v) is 12.1. The Balaban J connectivity index is 2.13. The number of carbonyl (C=O) groups excluding carboxylic acids is 3. The molecule has 0 atom stereocenters. The molecule has 0 aromatic heterocycles. The van der Waals surface area contributed by atoms with Crippen molar-refractivity contribution < 1.29 is 14.4 Å². The van der Waals surface area contributed by atoms with Crippen molar-refractivity contribution in [3.05, 3.63) is 69.7 Å². The molecule has 2 aromatic rings. The van der Waals surface area contributed by atoms with E-state index in [0.717, 1.165) is 0 Å². The summed E-state index contributed by atoms with van der Waals surface area (Å²) in [5.74, 6) is -2.60. The average molecular weight is 322 g/mol. The van der Waals surface area contributed by atoms with Gasteiger partial charge in [-0.15, -0.1) is 0 Å². The van der Waals surface area contributed by atoms with Crippen LogP contribution in [0.3, 0.4) is 0 Å². The molecule has 2 aromatic carbocycles. The number of Topliss-reactive ketones (excluding diaryl/α,β-unsaturated/α-hetero) is 1. The fourth-order valence-electron chi connectivity index (χ4n) is 1.62. The van der Waals surface area contributed by atoms with Crippen LogP contribution in [0.15, 0.2) is 48.5 Å². The number of benzene rings is 2. The maximum Gasteiger partial charge on any atom is 0.299 e. The quantitative estimate of drug-likeness (QED) is 0.697. The third-order valence-electron chi connectivity index (χ3n) is 2.65. The van der Waals surface area contributed by atoms with Gasteiger partial charge in [0.25, 0.3) is 17.6 Å². The second kappa shape index (κ2) is 6.52. The molecular weight excluding hydrogens is 313 g/mol. The van der Waals surface area contributed by atoms with Crippen molar-refractivity contribution in [2.75, 3.05) is 0 Å². The molecule has 0 radical (unpaired) electrons. The van der Waals surface area contributed by atoms with Crippen LogP contribution >= 0.6 is 23.2 Å². The molecule has 0 unspecified atom stereocenters. The van der Waals surface area contributed by atoms with Crippen LogP contribution < -0.4 is 5.32 Å². The second-order valence-corrected chi connectivity index (χ2v) is 4.95. The lowest BCUT2D eigenvalue weighted by Gasteiger charge is -2.05. The summed E-state index contributed by atoms with van der Waals surface area (Å²) in [4.78, 5) is 35.5. The van der Waals surface area contributed by atoms with Gasteiger partial charge in [-0.25, -0.2) is 0 Å². The van der Waals surface area contributed by atoms with Crippen LogP contribution in [-0.4, -0.2) is 17.6 Å². The molecule has 0 heterocycles. The molecule has 0 fully saturated rings. The molecule has 0 spiro atoms. The number of ketones is 1. The van der Waals surface area contributed by atoms with Crippen LogP contribution in [0, 0.1) is 0 Å². The number of amides is 2. The first kappa shape index (κ1) is 15.2. The third-order valence-corrected chi connectivity index (χ3v) is 3.19. The Morgan fingerprint density at radius 3 is 2.19 bits per heavy atom. The highest BCUT2D eigenvalue weighted by molar-refractivity contribution is 6.49. The van der Waals surface area contributed by atoms with E-state index in [1.165, 1.54) is 30.3 Å². The number of rotatable bonds is 3. The monoisotopic (exact) mass is 321 g/mol. The van der Waals surface area contributed by atoms with Crippen molar-refractivity contribution in [2.24, 2.45) is 0 Å². The van der Waals surface area contributed by atoms with Gasteiger partial charge >= 0.3 is 0 Å². The largest absolute Gasteiger partial charge is 0.299 e. The molecular formula is C15H9Cl2NO3. The van der Waals surface area contributed by atoms with Gasteiger partial charge in [0.05, 0.1) is 5.02 Å². The van der Waals surface area contributed by atoms with Gasteiger partial charge in [-0.3, -0.25) is 19.7 Å². The van der Waals surface area contributed by atoms with Crippen LogP contribution in [0.25, 0.3) is 0 Å². The standard InChI is InChI=1S/C15H9Cl2NO3/c16-10-6-7-11(12(17)8-10)13(19)15(21)18-14(20)9-4-2-1-3-5-9/h1-8H,(H,18,20,21). The van der Waals surface area contributed by atoms with E-state index in [9.17, 15) is 14.4 Å². The molecule has 21 heavy (non-hydrogen) atoms. The zero-order valence-electron chi connectivity index (χ0n) is 10.6. The minimum absolute atomic E-state index is 0.0144. The normalized spacial score (nSPS) is 10.0. The molecule has 0 aliphatic carbocycles. The molecule has 2 amide bonds. The number of imide groups is 1. The zero-order chi connectivity index (χ0) is 15.4. The second-order valence-electron chi connectivity index (χ2n) is 4.10. The molecule has 0 saturated heterocycles. The summed E-state index contributed by atoms with van der Waals surface area (Å²) < 4.78 is 0. The molecule has 4 nitrogen and oxygen atoms in total. The number of hydrogen-bond donors (Lipinski definition) is 1. The minimum atomic E-state index is -1.05. The highest BCUT2D eigenvalue weighted by Crippen LogP contribution is 2.21. The van der Waals surface area contributed by atoms with Crippen molar-refractivity contribution >= 4 is 40.8 Å². The maximum atomic E-state index is 12.0. The van der Waals surface area contributed by atoms with Crippen molar-refractivity contribution in [3.63, 3.8) is 0 Å². The van der Waals surface area contributed by atoms with Crippen molar-refractivity contribution in [1.29, 1.82) is 0 Å². The van der Waals surface area contributed by atoms with Gasteiger partial charge in [-0.2, -0.15) is 0 Å². The van der Waals surface area contributed by atoms with Crippen LogP contribution in [-0.2, 0) is 4.79 Å². The van der Waals surface area contributed by atoms with Gasteiger partial charge in [0.15, 0.2) is 0 Å². The minimum Gasteiger partial charge on any atom is -0.285 e. The van der Waals surface area contributed by atoms with Gasteiger partial charge in [0, 0.05) is 16.1 Å². The Morgan fingerprint density at radius 1 is 0.905 bits per heavy atom. The first-order valence-corrected chi connectivity index (χ1v) is 6.64. The van der Waals surface area contributed by atoms with Gasteiger partial charge in [0.1, 0.15) is 0 Å². The van der Waals surface area contributed by atoms with E-state index in [4.69, 9.17) is 23.2 Å². The molecule has 2 rings (SSSR count). The van der Waals surface area contributed by atoms with Gasteiger partial charge in [-0.05, 0) is 30.3 Å². The molecule has 0 aliphatic rings. The fourth-order valence-corrected chi connectivity index (χ4v) is 2.11. The van der Waals surface area contributed by atoms with Crippen LogP contribution in [0.1, 0.15) is 20.7 Å². The molecule has 106 valence electrons. The van der Waals surface area contributed by atoms with E-state index in [2.05, 4.69) is 0 Å². The number of carbonyl (C=O) groups is 3. The molecule has 6 heteroatoms. The van der Waals surface area contributed by atoms with E-state index in [-0.39, 0.29) is 16.1 Å². The molecule has 0 saturated carbocycles. The van der Waals surface area contributed by atoms with Gasteiger partial charge < -0.3 is 0 Å². The van der Waals surface area contributed by atoms with Gasteiger partial charge in [-0.1, -0.05) is 41.4 Å². The summed E-state index contributed by atoms with van der Waals surface area (Å²) in [6.07, 6.45) is 0. The summed E-state index contributed by atoms with van der Waals surface area (Å²) in [7, 11) is 0. The predicted octanol–water partition coefficient (Wildman–Crippen LogP) is 3.13. The summed E-state index contributed by atoms with van der Waals surface area (Å²) in [6, 6.07) is 12.2. The Bertz CT molecular complexity index is 714. The number of nitrogens with one attached hydrogen (secondary N) is 1. The average Bonchev–Trinajstić information content (AvgIpc) is 2.47. The summed E-state index contributed by atoms with van der Waals surface area (Å²) in [6.45, 7) is 0. The van der Waals surface area contributed by atoms with Crippen LogP contribution in [0.4, 0.5) is 0 Å². The summed E-state index contributed by atoms with van der Waals surface area (Å²) >= 11 is 11.6. The topological polar surface area (TPSA) is 63.2 Å². The first-order chi connectivity index (χ1) is 9.99. The van der Waals surface area contributed by atoms with E-state index in [1.54, 1.807) is 18.2 Å². The third kappa shape index (κ3) is 3.68. The fraction of sp³-hybridized carbons (Fsp3) is 0.